The van der Waals surface area contributed by atoms with E-state index in [0.29, 0.717) is 16.4 Å². The molecule has 0 radical (unpaired) electrons. The van der Waals surface area contributed by atoms with Gasteiger partial charge in [0.2, 0.25) is 0 Å². The number of aromatic nitrogens is 3. The first kappa shape index (κ1) is 17.7. The lowest BCUT2D eigenvalue weighted by Gasteiger charge is -2.25. The number of carbonyl (C=O) groups excluding carboxylic acids is 1. The molecule has 1 aliphatic rings. The topological polar surface area (TPSA) is 89.1 Å². The third kappa shape index (κ3) is 4.11. The summed E-state index contributed by atoms with van der Waals surface area (Å²) in [5, 5.41) is 11.6. The minimum Gasteiger partial charge on any atom is -0.376 e. The summed E-state index contributed by atoms with van der Waals surface area (Å²) < 4.78 is 1.78. The third-order valence-corrected chi connectivity index (χ3v) is 4.78. The molecule has 2 aromatic rings. The van der Waals surface area contributed by atoms with E-state index in [1.165, 1.54) is 0 Å². The fourth-order valence-corrected chi connectivity index (χ4v) is 3.28. The van der Waals surface area contributed by atoms with Crippen molar-refractivity contribution in [2.24, 2.45) is 5.73 Å². The van der Waals surface area contributed by atoms with E-state index in [0.717, 1.165) is 31.4 Å². The van der Waals surface area contributed by atoms with Crippen molar-refractivity contribution in [2.75, 3.05) is 24.3 Å². The number of halogens is 1. The molecule has 0 saturated heterocycles. The second kappa shape index (κ2) is 7.41. The lowest BCUT2D eigenvalue weighted by Crippen LogP contribution is -2.28. The molecular formula is C17H23ClN6O. The van der Waals surface area contributed by atoms with Crippen LogP contribution in [0.3, 0.4) is 0 Å². The lowest BCUT2D eigenvalue weighted by molar-refractivity contribution is 0.102. The van der Waals surface area contributed by atoms with Gasteiger partial charge >= 0.3 is 0 Å². The summed E-state index contributed by atoms with van der Waals surface area (Å²) in [6, 6.07) is 5.91. The average Bonchev–Trinajstić information content (AvgIpc) is 3.05. The fourth-order valence-electron chi connectivity index (χ4n) is 3.11. The van der Waals surface area contributed by atoms with Crippen LogP contribution in [0.25, 0.3) is 0 Å². The monoisotopic (exact) mass is 362 g/mol. The van der Waals surface area contributed by atoms with Crippen LogP contribution in [-0.4, -0.2) is 41.0 Å². The molecule has 1 amide bonds. The number of nitrogens with zero attached hydrogens (tertiary/aromatic N) is 4. The van der Waals surface area contributed by atoms with E-state index in [4.69, 9.17) is 17.3 Å². The number of rotatable bonds is 4. The molecule has 7 nitrogen and oxygen atoms in total. The maximum absolute atomic E-state index is 12.5. The molecule has 1 aromatic heterocycles. The second-order valence-corrected chi connectivity index (χ2v) is 7.10. The van der Waals surface area contributed by atoms with E-state index in [1.54, 1.807) is 23.0 Å². The highest BCUT2D eigenvalue weighted by atomic mass is 35.5. The van der Waals surface area contributed by atoms with Gasteiger partial charge in [-0.15, -0.1) is 5.10 Å². The zero-order valence-corrected chi connectivity index (χ0v) is 15.2. The van der Waals surface area contributed by atoms with Gasteiger partial charge in [0, 0.05) is 25.2 Å². The van der Waals surface area contributed by atoms with Crippen LogP contribution in [0.15, 0.2) is 24.4 Å². The highest BCUT2D eigenvalue weighted by Gasteiger charge is 2.22. The molecule has 3 rings (SSSR count). The number of hydrogen-bond acceptors (Lipinski definition) is 5. The van der Waals surface area contributed by atoms with Crippen molar-refractivity contribution in [3.8, 4) is 0 Å². The SMILES string of the molecule is CN(C)c1ccc(Cl)cc1NC(=O)c1cn(C2CCC(N)CC2)nn1. The normalized spacial score (nSPS) is 20.3. The Bertz CT molecular complexity index is 751. The Morgan fingerprint density at radius 2 is 2.04 bits per heavy atom. The first-order chi connectivity index (χ1) is 11.9. The van der Waals surface area contributed by atoms with E-state index in [9.17, 15) is 4.79 Å². The molecule has 0 aliphatic heterocycles. The van der Waals surface area contributed by atoms with E-state index in [-0.39, 0.29) is 18.0 Å². The highest BCUT2D eigenvalue weighted by molar-refractivity contribution is 6.31. The van der Waals surface area contributed by atoms with Crippen LogP contribution in [0.2, 0.25) is 5.02 Å². The van der Waals surface area contributed by atoms with Gasteiger partial charge in [0.25, 0.3) is 5.91 Å². The Morgan fingerprint density at radius 1 is 1.32 bits per heavy atom. The van der Waals surface area contributed by atoms with E-state index in [1.807, 2.05) is 25.1 Å². The standard InChI is InChI=1S/C17H23ClN6O/c1-23(2)16-8-3-11(18)9-14(16)20-17(25)15-10-24(22-21-15)13-6-4-12(19)5-7-13/h3,8-10,12-13H,4-7,19H2,1-2H3,(H,20,25). The van der Waals surface area contributed by atoms with Gasteiger partial charge in [-0.2, -0.15) is 0 Å². The van der Waals surface area contributed by atoms with Crippen LogP contribution in [0, 0.1) is 0 Å². The van der Waals surface area contributed by atoms with Crippen molar-refractivity contribution in [2.45, 2.75) is 37.8 Å². The van der Waals surface area contributed by atoms with Gasteiger partial charge in [-0.3, -0.25) is 4.79 Å². The van der Waals surface area contributed by atoms with Gasteiger partial charge in [-0.05, 0) is 43.9 Å². The summed E-state index contributed by atoms with van der Waals surface area (Å²) in [6.07, 6.45) is 5.58. The molecule has 1 heterocycles. The van der Waals surface area contributed by atoms with Crippen molar-refractivity contribution in [3.05, 3.63) is 35.1 Å². The maximum atomic E-state index is 12.5. The Labute approximate surface area is 152 Å². The molecule has 134 valence electrons. The zero-order chi connectivity index (χ0) is 18.0. The van der Waals surface area contributed by atoms with Gasteiger partial charge in [-0.25, -0.2) is 4.68 Å². The van der Waals surface area contributed by atoms with Gasteiger partial charge in [0.15, 0.2) is 5.69 Å². The molecule has 0 spiro atoms. The van der Waals surface area contributed by atoms with Crippen LogP contribution in [0.5, 0.6) is 0 Å². The number of nitrogens with two attached hydrogens (primary N) is 1. The largest absolute Gasteiger partial charge is 0.376 e. The number of amides is 1. The first-order valence-corrected chi connectivity index (χ1v) is 8.77. The smallest absolute Gasteiger partial charge is 0.277 e. The maximum Gasteiger partial charge on any atom is 0.277 e. The Hall–Kier alpha value is -2.12. The van der Waals surface area contributed by atoms with Crippen LogP contribution in [0.4, 0.5) is 11.4 Å². The van der Waals surface area contributed by atoms with Crippen LogP contribution >= 0.6 is 11.6 Å². The predicted molar refractivity (Wildman–Crippen MR) is 99.2 cm³/mol. The first-order valence-electron chi connectivity index (χ1n) is 8.39. The zero-order valence-electron chi connectivity index (χ0n) is 14.4. The molecule has 0 atom stereocenters. The van der Waals surface area contributed by atoms with Crippen molar-refractivity contribution >= 4 is 28.9 Å². The number of anilines is 2. The second-order valence-electron chi connectivity index (χ2n) is 6.66. The van der Waals surface area contributed by atoms with Gasteiger partial charge in [0.05, 0.1) is 23.6 Å². The van der Waals surface area contributed by atoms with Crippen LogP contribution < -0.4 is 16.0 Å². The Kier molecular flexibility index (Phi) is 5.24. The summed E-state index contributed by atoms with van der Waals surface area (Å²) in [4.78, 5) is 14.5. The van der Waals surface area contributed by atoms with Gasteiger partial charge in [-0.1, -0.05) is 16.8 Å². The van der Waals surface area contributed by atoms with E-state index in [2.05, 4.69) is 15.6 Å². The molecular weight excluding hydrogens is 340 g/mol. The molecule has 0 bridgehead atoms. The minimum absolute atomic E-state index is 0.261. The molecule has 25 heavy (non-hydrogen) atoms. The molecule has 3 N–H and O–H groups in total. The van der Waals surface area contributed by atoms with Crippen molar-refractivity contribution in [1.82, 2.24) is 15.0 Å². The van der Waals surface area contributed by atoms with Gasteiger partial charge < -0.3 is 16.0 Å². The minimum atomic E-state index is -0.302. The third-order valence-electron chi connectivity index (χ3n) is 4.55. The summed E-state index contributed by atoms with van der Waals surface area (Å²) in [5.74, 6) is -0.302. The number of nitrogens with one attached hydrogen (secondary N) is 1. The van der Waals surface area contributed by atoms with Crippen molar-refractivity contribution in [3.63, 3.8) is 0 Å². The van der Waals surface area contributed by atoms with Crippen molar-refractivity contribution < 1.29 is 4.79 Å². The molecule has 1 fully saturated rings. The molecule has 0 unspecified atom stereocenters. The number of carbonyl (C=O) groups is 1. The number of benzene rings is 1. The molecule has 8 heteroatoms. The van der Waals surface area contributed by atoms with Gasteiger partial charge in [0.1, 0.15) is 0 Å². The molecule has 1 saturated carbocycles. The molecule has 1 aromatic carbocycles. The lowest BCUT2D eigenvalue weighted by atomic mass is 9.92. The quantitative estimate of drug-likeness (QED) is 0.872. The predicted octanol–water partition coefficient (Wildman–Crippen LogP) is 2.69. The Morgan fingerprint density at radius 3 is 2.72 bits per heavy atom. The Balaban J connectivity index is 1.73. The summed E-state index contributed by atoms with van der Waals surface area (Å²) in [6.45, 7) is 0. The van der Waals surface area contributed by atoms with Crippen LogP contribution in [-0.2, 0) is 0 Å². The van der Waals surface area contributed by atoms with Crippen molar-refractivity contribution in [1.29, 1.82) is 0 Å². The fraction of sp³-hybridized carbons (Fsp3) is 0.471. The summed E-state index contributed by atoms with van der Waals surface area (Å²) in [5.41, 5.74) is 7.74. The van der Waals surface area contributed by atoms with E-state index >= 15 is 0 Å². The average molecular weight is 363 g/mol. The number of hydrogen-bond donors (Lipinski definition) is 2. The van der Waals surface area contributed by atoms with E-state index < -0.39 is 0 Å². The summed E-state index contributed by atoms with van der Waals surface area (Å²) in [7, 11) is 3.81. The highest BCUT2D eigenvalue weighted by Crippen LogP contribution is 2.29. The van der Waals surface area contributed by atoms with Crippen LogP contribution in [0.1, 0.15) is 42.2 Å². The molecule has 1 aliphatic carbocycles. The summed E-state index contributed by atoms with van der Waals surface area (Å²) >= 11 is 6.06.